The smallest absolute Gasteiger partial charge is 0.0694 e. The van der Waals surface area contributed by atoms with E-state index in [1.807, 2.05) is 35.8 Å². The maximum absolute atomic E-state index is 9.11. The molecule has 2 aromatic heterocycles. The van der Waals surface area contributed by atoms with Gasteiger partial charge in [-0.15, -0.1) is 0 Å². The van der Waals surface area contributed by atoms with Crippen LogP contribution in [-0.4, -0.2) is 26.9 Å². The molecule has 15 heavy (non-hydrogen) atoms. The van der Waals surface area contributed by atoms with Gasteiger partial charge in [-0.05, 0) is 31.0 Å². The van der Waals surface area contributed by atoms with Gasteiger partial charge in [0.2, 0.25) is 0 Å². The van der Waals surface area contributed by atoms with Crippen LogP contribution in [0.1, 0.15) is 12.5 Å². The first-order chi connectivity index (χ1) is 7.12. The quantitative estimate of drug-likeness (QED) is 0.770. The minimum Gasteiger partial charge on any atom is -0.394 e. The number of hydrogen-bond acceptors (Lipinski definition) is 3. The van der Waals surface area contributed by atoms with Gasteiger partial charge in [0.05, 0.1) is 18.3 Å². The predicted molar refractivity (Wildman–Crippen MR) is 58.6 cm³/mol. The number of hydrogen-bond donors (Lipinski definition) is 2. The highest BCUT2D eigenvalue weighted by Crippen LogP contribution is 2.15. The maximum atomic E-state index is 9.11. The standard InChI is InChI=1S/C11H15N3O/c1-11(12,8-15)6-9-7-13-14-5-3-2-4-10(9)14/h2-5,7,15H,6,8,12H2,1H3. The number of aliphatic hydroxyl groups is 1. The van der Waals surface area contributed by atoms with Crippen LogP contribution in [0.15, 0.2) is 30.6 Å². The third kappa shape index (κ3) is 2.00. The largest absolute Gasteiger partial charge is 0.394 e. The van der Waals surface area contributed by atoms with E-state index in [-0.39, 0.29) is 6.61 Å². The van der Waals surface area contributed by atoms with E-state index in [9.17, 15) is 0 Å². The van der Waals surface area contributed by atoms with Crippen molar-refractivity contribution in [3.8, 4) is 0 Å². The summed E-state index contributed by atoms with van der Waals surface area (Å²) >= 11 is 0. The van der Waals surface area contributed by atoms with Gasteiger partial charge in [-0.1, -0.05) is 6.07 Å². The normalized spacial score (nSPS) is 15.4. The molecule has 80 valence electrons. The van der Waals surface area contributed by atoms with E-state index in [4.69, 9.17) is 10.8 Å². The van der Waals surface area contributed by atoms with E-state index in [1.165, 1.54) is 0 Å². The van der Waals surface area contributed by atoms with Crippen LogP contribution in [0.25, 0.3) is 5.52 Å². The third-order valence-electron chi connectivity index (χ3n) is 2.46. The molecule has 0 amide bonds. The van der Waals surface area contributed by atoms with E-state index in [0.29, 0.717) is 6.42 Å². The molecule has 4 heteroatoms. The van der Waals surface area contributed by atoms with Crippen molar-refractivity contribution < 1.29 is 5.11 Å². The molecule has 0 aromatic carbocycles. The molecule has 0 aliphatic heterocycles. The van der Waals surface area contributed by atoms with Crippen molar-refractivity contribution in [3.05, 3.63) is 36.2 Å². The first-order valence-electron chi connectivity index (χ1n) is 4.93. The summed E-state index contributed by atoms with van der Waals surface area (Å²) in [6, 6.07) is 5.89. The fraction of sp³-hybridized carbons (Fsp3) is 0.364. The lowest BCUT2D eigenvalue weighted by Crippen LogP contribution is -2.42. The molecule has 0 fully saturated rings. The molecule has 2 aromatic rings. The summed E-state index contributed by atoms with van der Waals surface area (Å²) < 4.78 is 1.81. The Morgan fingerprint density at radius 3 is 3.07 bits per heavy atom. The van der Waals surface area contributed by atoms with Crippen LogP contribution in [0.2, 0.25) is 0 Å². The van der Waals surface area contributed by atoms with Crippen LogP contribution in [-0.2, 0) is 6.42 Å². The Kier molecular flexibility index (Phi) is 2.46. The first-order valence-corrected chi connectivity index (χ1v) is 4.93. The lowest BCUT2D eigenvalue weighted by Gasteiger charge is -2.20. The second-order valence-electron chi connectivity index (χ2n) is 4.19. The number of pyridine rings is 1. The number of nitrogens with two attached hydrogens (primary N) is 1. The van der Waals surface area contributed by atoms with Crippen molar-refractivity contribution in [1.29, 1.82) is 0 Å². The molecule has 2 heterocycles. The molecule has 0 aliphatic rings. The molecule has 0 spiro atoms. The highest BCUT2D eigenvalue weighted by atomic mass is 16.3. The lowest BCUT2D eigenvalue weighted by atomic mass is 9.96. The van der Waals surface area contributed by atoms with Gasteiger partial charge in [0.15, 0.2) is 0 Å². The Balaban J connectivity index is 2.37. The predicted octanol–water partition coefficient (Wildman–Crippen LogP) is 0.586. The van der Waals surface area contributed by atoms with Crippen LogP contribution >= 0.6 is 0 Å². The van der Waals surface area contributed by atoms with Gasteiger partial charge >= 0.3 is 0 Å². The van der Waals surface area contributed by atoms with E-state index in [1.54, 1.807) is 6.20 Å². The number of rotatable bonds is 3. The summed E-state index contributed by atoms with van der Waals surface area (Å²) in [4.78, 5) is 0. The fourth-order valence-corrected chi connectivity index (χ4v) is 1.61. The molecule has 2 rings (SSSR count). The highest BCUT2D eigenvalue weighted by Gasteiger charge is 2.19. The minimum atomic E-state index is -0.584. The maximum Gasteiger partial charge on any atom is 0.0694 e. The van der Waals surface area contributed by atoms with E-state index in [2.05, 4.69) is 5.10 Å². The number of aromatic nitrogens is 2. The van der Waals surface area contributed by atoms with Crippen LogP contribution in [0.5, 0.6) is 0 Å². The summed E-state index contributed by atoms with van der Waals surface area (Å²) in [7, 11) is 0. The molecular formula is C11H15N3O. The highest BCUT2D eigenvalue weighted by molar-refractivity contribution is 5.53. The zero-order valence-electron chi connectivity index (χ0n) is 8.72. The minimum absolute atomic E-state index is 0.0306. The third-order valence-corrected chi connectivity index (χ3v) is 2.46. The van der Waals surface area contributed by atoms with Gasteiger partial charge in [0.25, 0.3) is 0 Å². The molecule has 1 atom stereocenters. The molecule has 1 unspecified atom stereocenters. The van der Waals surface area contributed by atoms with Crippen LogP contribution < -0.4 is 5.73 Å². The number of nitrogens with zero attached hydrogens (tertiary/aromatic N) is 2. The van der Waals surface area contributed by atoms with Crippen molar-refractivity contribution in [2.45, 2.75) is 18.9 Å². The summed E-state index contributed by atoms with van der Waals surface area (Å²) in [6.45, 7) is 1.80. The van der Waals surface area contributed by atoms with Crippen LogP contribution in [0.3, 0.4) is 0 Å². The molecule has 0 saturated carbocycles. The van der Waals surface area contributed by atoms with E-state index < -0.39 is 5.54 Å². The fourth-order valence-electron chi connectivity index (χ4n) is 1.61. The molecule has 0 bridgehead atoms. The Bertz CT molecular complexity index is 462. The average molecular weight is 205 g/mol. The number of aliphatic hydroxyl groups excluding tert-OH is 1. The van der Waals surface area contributed by atoms with Gasteiger partial charge in [-0.3, -0.25) is 0 Å². The van der Waals surface area contributed by atoms with Crippen molar-refractivity contribution >= 4 is 5.52 Å². The van der Waals surface area contributed by atoms with Gasteiger partial charge in [0.1, 0.15) is 0 Å². The van der Waals surface area contributed by atoms with Gasteiger partial charge in [-0.2, -0.15) is 5.10 Å². The van der Waals surface area contributed by atoms with E-state index >= 15 is 0 Å². The second kappa shape index (κ2) is 3.64. The van der Waals surface area contributed by atoms with Crippen LogP contribution in [0.4, 0.5) is 0 Å². The Hall–Kier alpha value is -1.39. The zero-order valence-corrected chi connectivity index (χ0v) is 8.72. The number of fused-ring (bicyclic) bond motifs is 1. The lowest BCUT2D eigenvalue weighted by molar-refractivity contribution is 0.208. The SMILES string of the molecule is CC(N)(CO)Cc1cnn2ccccc12. The molecule has 0 radical (unpaired) electrons. The monoisotopic (exact) mass is 205 g/mol. The zero-order chi connectivity index (χ0) is 10.9. The Labute approximate surface area is 88.3 Å². The van der Waals surface area contributed by atoms with Crippen LogP contribution in [0, 0.1) is 0 Å². The molecule has 0 aliphatic carbocycles. The average Bonchev–Trinajstić information content (AvgIpc) is 2.62. The molecular weight excluding hydrogens is 190 g/mol. The van der Waals surface area contributed by atoms with Crippen molar-refractivity contribution in [1.82, 2.24) is 9.61 Å². The van der Waals surface area contributed by atoms with Gasteiger partial charge in [0, 0.05) is 11.7 Å². The van der Waals surface area contributed by atoms with Crippen molar-refractivity contribution in [3.63, 3.8) is 0 Å². The summed E-state index contributed by atoms with van der Waals surface area (Å²) in [5, 5.41) is 13.3. The molecule has 3 N–H and O–H groups in total. The summed E-state index contributed by atoms with van der Waals surface area (Å²) in [6.07, 6.45) is 4.32. The Morgan fingerprint density at radius 1 is 1.53 bits per heavy atom. The summed E-state index contributed by atoms with van der Waals surface area (Å²) in [5.41, 5.74) is 7.44. The van der Waals surface area contributed by atoms with Gasteiger partial charge in [-0.25, -0.2) is 4.52 Å². The summed E-state index contributed by atoms with van der Waals surface area (Å²) in [5.74, 6) is 0. The molecule has 0 saturated heterocycles. The first kappa shape index (κ1) is 10.1. The second-order valence-corrected chi connectivity index (χ2v) is 4.19. The van der Waals surface area contributed by atoms with Crippen molar-refractivity contribution in [2.75, 3.05) is 6.61 Å². The van der Waals surface area contributed by atoms with Gasteiger partial charge < -0.3 is 10.8 Å². The topological polar surface area (TPSA) is 63.5 Å². The van der Waals surface area contributed by atoms with E-state index in [0.717, 1.165) is 11.1 Å². The molecule has 4 nitrogen and oxygen atoms in total. The Morgan fingerprint density at radius 2 is 2.33 bits per heavy atom. The van der Waals surface area contributed by atoms with Crippen molar-refractivity contribution in [2.24, 2.45) is 5.73 Å².